The molecular weight excluding hydrogens is 280 g/mol. The van der Waals surface area contributed by atoms with Crippen molar-refractivity contribution in [1.29, 1.82) is 0 Å². The minimum Gasteiger partial charge on any atom is -0.456 e. The van der Waals surface area contributed by atoms with E-state index in [0.29, 0.717) is 16.7 Å². The predicted molar refractivity (Wildman–Crippen MR) is 85.8 cm³/mol. The van der Waals surface area contributed by atoms with E-state index < -0.39 is 0 Å². The van der Waals surface area contributed by atoms with Crippen LogP contribution >= 0.6 is 0 Å². The Labute approximate surface area is 124 Å². The Morgan fingerprint density at radius 2 is 2.09 bits per heavy atom. The van der Waals surface area contributed by atoms with Gasteiger partial charge in [-0.2, -0.15) is 5.10 Å². The second-order valence-corrected chi connectivity index (χ2v) is 5.45. The van der Waals surface area contributed by atoms with Crippen molar-refractivity contribution in [2.75, 3.05) is 5.73 Å². The molecule has 3 aromatic heterocycles. The molecule has 4 aromatic rings. The molecule has 0 radical (unpaired) electrons. The Morgan fingerprint density at radius 3 is 2.91 bits per heavy atom. The van der Waals surface area contributed by atoms with E-state index in [2.05, 4.69) is 21.2 Å². The van der Waals surface area contributed by atoms with Crippen LogP contribution in [0.5, 0.6) is 0 Å². The van der Waals surface area contributed by atoms with E-state index >= 15 is 0 Å². The molecule has 0 aliphatic heterocycles. The molecule has 0 saturated heterocycles. The van der Waals surface area contributed by atoms with Gasteiger partial charge in [0.2, 0.25) is 0 Å². The summed E-state index contributed by atoms with van der Waals surface area (Å²) in [7, 11) is 0. The minimum absolute atomic E-state index is 0.266. The third-order valence-electron chi connectivity index (χ3n) is 3.98. The van der Waals surface area contributed by atoms with Crippen molar-refractivity contribution in [2.45, 2.75) is 13.8 Å². The van der Waals surface area contributed by atoms with Gasteiger partial charge < -0.3 is 15.1 Å². The number of rotatable bonds is 1. The molecule has 6 nitrogen and oxygen atoms in total. The number of benzene rings is 1. The van der Waals surface area contributed by atoms with Gasteiger partial charge >= 0.3 is 0 Å². The predicted octanol–water partition coefficient (Wildman–Crippen LogP) is 2.86. The summed E-state index contributed by atoms with van der Waals surface area (Å²) in [5.41, 5.74) is 9.77. The number of nitrogens with two attached hydrogens (primary N) is 1. The molecule has 3 heterocycles. The number of hydrogen-bond acceptors (Lipinski definition) is 4. The van der Waals surface area contributed by atoms with Crippen LogP contribution in [0.1, 0.15) is 11.1 Å². The number of furan rings is 1. The van der Waals surface area contributed by atoms with Crippen molar-refractivity contribution in [1.82, 2.24) is 15.2 Å². The van der Waals surface area contributed by atoms with Crippen LogP contribution in [0.2, 0.25) is 0 Å². The number of anilines is 1. The fraction of sp³-hybridized carbons (Fsp3) is 0.125. The van der Waals surface area contributed by atoms with Gasteiger partial charge in [-0.05, 0) is 26.0 Å². The quantitative estimate of drug-likeness (QED) is 0.502. The van der Waals surface area contributed by atoms with Gasteiger partial charge in [0, 0.05) is 22.7 Å². The van der Waals surface area contributed by atoms with Crippen molar-refractivity contribution in [3.8, 4) is 11.3 Å². The summed E-state index contributed by atoms with van der Waals surface area (Å²) in [4.78, 5) is 14.8. The summed E-state index contributed by atoms with van der Waals surface area (Å²) >= 11 is 0. The minimum atomic E-state index is -0.306. The summed E-state index contributed by atoms with van der Waals surface area (Å²) in [6.45, 7) is 4.04. The Hall–Kier alpha value is -3.02. The molecular formula is C16H14N4O2. The highest BCUT2D eigenvalue weighted by molar-refractivity contribution is 6.03. The van der Waals surface area contributed by atoms with Crippen LogP contribution in [-0.4, -0.2) is 15.2 Å². The first-order chi connectivity index (χ1) is 10.6. The Bertz CT molecular complexity index is 1080. The maximum Gasteiger partial charge on any atom is 0.288 e. The van der Waals surface area contributed by atoms with Crippen molar-refractivity contribution in [3.63, 3.8) is 0 Å². The maximum absolute atomic E-state index is 11.8. The number of nitrogens with zero attached hydrogens (tertiary/aromatic N) is 1. The van der Waals surface area contributed by atoms with Gasteiger partial charge in [-0.3, -0.25) is 4.79 Å². The third-order valence-corrected chi connectivity index (χ3v) is 3.98. The van der Waals surface area contributed by atoms with Crippen LogP contribution in [0.25, 0.3) is 33.2 Å². The van der Waals surface area contributed by atoms with E-state index in [9.17, 15) is 4.79 Å². The smallest absolute Gasteiger partial charge is 0.288 e. The van der Waals surface area contributed by atoms with Gasteiger partial charge in [-0.15, -0.1) is 0 Å². The van der Waals surface area contributed by atoms with Crippen LogP contribution in [0.3, 0.4) is 0 Å². The van der Waals surface area contributed by atoms with E-state index in [0.717, 1.165) is 22.1 Å². The Morgan fingerprint density at radius 1 is 1.27 bits per heavy atom. The van der Waals surface area contributed by atoms with E-state index in [1.165, 1.54) is 5.56 Å². The molecule has 4 N–H and O–H groups in total. The molecule has 110 valence electrons. The van der Waals surface area contributed by atoms with Crippen LogP contribution in [0.4, 0.5) is 5.82 Å². The lowest BCUT2D eigenvalue weighted by Gasteiger charge is -1.99. The highest BCUT2D eigenvalue weighted by atomic mass is 16.3. The number of fused-ring (bicyclic) bond motifs is 2. The average Bonchev–Trinajstić information content (AvgIpc) is 3.06. The lowest BCUT2D eigenvalue weighted by atomic mass is 10.1. The second-order valence-electron chi connectivity index (χ2n) is 5.45. The number of H-pyrrole nitrogens is 2. The topological polar surface area (TPSA) is 101 Å². The van der Waals surface area contributed by atoms with Crippen molar-refractivity contribution >= 4 is 27.7 Å². The molecule has 0 saturated carbocycles. The van der Waals surface area contributed by atoms with Gasteiger partial charge in [0.15, 0.2) is 5.82 Å². The lowest BCUT2D eigenvalue weighted by Crippen LogP contribution is -2.10. The first kappa shape index (κ1) is 12.7. The van der Waals surface area contributed by atoms with Crippen molar-refractivity contribution < 1.29 is 4.42 Å². The highest BCUT2D eigenvalue weighted by Crippen LogP contribution is 2.37. The SMILES string of the molecule is Cc1ccc2oc(-c3c[nH]c4c(=O)[nH]nc(N)c34)c(C)c2c1. The van der Waals surface area contributed by atoms with Crippen LogP contribution in [0, 0.1) is 13.8 Å². The molecule has 0 aliphatic carbocycles. The van der Waals surface area contributed by atoms with E-state index in [1.54, 1.807) is 6.20 Å². The normalized spacial score (nSPS) is 11.5. The van der Waals surface area contributed by atoms with Crippen LogP contribution in [-0.2, 0) is 0 Å². The fourth-order valence-corrected chi connectivity index (χ4v) is 2.86. The average molecular weight is 294 g/mol. The molecule has 0 spiro atoms. The molecule has 0 aliphatic rings. The number of aryl methyl sites for hydroxylation is 2. The molecule has 0 atom stereocenters. The third kappa shape index (κ3) is 1.60. The molecule has 0 fully saturated rings. The fourth-order valence-electron chi connectivity index (χ4n) is 2.86. The molecule has 6 heteroatoms. The molecule has 4 rings (SSSR count). The zero-order chi connectivity index (χ0) is 15.4. The van der Waals surface area contributed by atoms with Crippen molar-refractivity contribution in [2.24, 2.45) is 0 Å². The van der Waals surface area contributed by atoms with Crippen LogP contribution < -0.4 is 11.3 Å². The number of aromatic amines is 2. The first-order valence-electron chi connectivity index (χ1n) is 6.91. The Balaban J connectivity index is 2.10. The van der Waals surface area contributed by atoms with Gasteiger partial charge in [-0.25, -0.2) is 5.10 Å². The van der Waals surface area contributed by atoms with Gasteiger partial charge in [-0.1, -0.05) is 11.6 Å². The molecule has 0 bridgehead atoms. The zero-order valence-electron chi connectivity index (χ0n) is 12.2. The lowest BCUT2D eigenvalue weighted by molar-refractivity contribution is 0.630. The van der Waals surface area contributed by atoms with Gasteiger partial charge in [0.05, 0.1) is 5.39 Å². The van der Waals surface area contributed by atoms with Gasteiger partial charge in [0.25, 0.3) is 5.56 Å². The summed E-state index contributed by atoms with van der Waals surface area (Å²) in [6.07, 6.45) is 1.73. The summed E-state index contributed by atoms with van der Waals surface area (Å²) < 4.78 is 5.99. The van der Waals surface area contributed by atoms with Crippen molar-refractivity contribution in [3.05, 3.63) is 45.9 Å². The number of nitrogens with one attached hydrogen (secondary N) is 2. The van der Waals surface area contributed by atoms with E-state index in [4.69, 9.17) is 10.2 Å². The van der Waals surface area contributed by atoms with E-state index in [-0.39, 0.29) is 11.4 Å². The summed E-state index contributed by atoms with van der Waals surface area (Å²) in [5.74, 6) is 0.966. The molecule has 1 aromatic carbocycles. The second kappa shape index (κ2) is 4.24. The summed E-state index contributed by atoms with van der Waals surface area (Å²) in [6, 6.07) is 6.04. The first-order valence-corrected chi connectivity index (χ1v) is 6.91. The number of nitrogen functional groups attached to an aromatic ring is 1. The largest absolute Gasteiger partial charge is 0.456 e. The Kier molecular flexibility index (Phi) is 2.45. The maximum atomic E-state index is 11.8. The van der Waals surface area contributed by atoms with E-state index in [1.807, 2.05) is 26.0 Å². The number of hydrogen-bond donors (Lipinski definition) is 3. The monoisotopic (exact) mass is 294 g/mol. The van der Waals surface area contributed by atoms with Gasteiger partial charge in [0.1, 0.15) is 16.9 Å². The summed E-state index contributed by atoms with van der Waals surface area (Å²) in [5, 5.41) is 7.85. The van der Waals surface area contributed by atoms with Crippen LogP contribution in [0.15, 0.2) is 33.6 Å². The number of aromatic nitrogens is 3. The zero-order valence-corrected chi connectivity index (χ0v) is 12.2. The standard InChI is InChI=1S/C16H14N4O2/c1-7-3-4-11-9(5-7)8(2)14(22-11)10-6-18-13-12(10)15(17)19-20-16(13)21/h3-6,18H,1-2H3,(H2,17,19)(H,20,21). The highest BCUT2D eigenvalue weighted by Gasteiger charge is 2.19. The molecule has 22 heavy (non-hydrogen) atoms. The molecule has 0 amide bonds. The molecule has 0 unspecified atom stereocenters.